The van der Waals surface area contributed by atoms with Crippen LogP contribution in [-0.2, 0) is 4.74 Å². The van der Waals surface area contributed by atoms with Crippen molar-refractivity contribution >= 4 is 0 Å². The Morgan fingerprint density at radius 1 is 1.24 bits per heavy atom. The Labute approximate surface area is 107 Å². The van der Waals surface area contributed by atoms with Gasteiger partial charge in [-0.2, -0.15) is 0 Å². The van der Waals surface area contributed by atoms with Crippen molar-refractivity contribution in [3.63, 3.8) is 0 Å². The normalized spacial score (nSPS) is 19.8. The van der Waals surface area contributed by atoms with Gasteiger partial charge in [-0.3, -0.25) is 0 Å². The molecule has 3 nitrogen and oxygen atoms in total. The topological polar surface area (TPSA) is 24.5 Å². The monoisotopic (exact) mass is 242 g/mol. The molecule has 0 aromatic carbocycles. The molecule has 1 rings (SSSR count). The highest BCUT2D eigenvalue weighted by Crippen LogP contribution is 2.26. The van der Waals surface area contributed by atoms with Crippen LogP contribution in [0.3, 0.4) is 0 Å². The van der Waals surface area contributed by atoms with Gasteiger partial charge in [-0.25, -0.2) is 0 Å². The van der Waals surface area contributed by atoms with E-state index in [1.165, 1.54) is 32.1 Å². The van der Waals surface area contributed by atoms with Crippen LogP contribution < -0.4 is 5.32 Å². The van der Waals surface area contributed by atoms with Gasteiger partial charge in [0.25, 0.3) is 0 Å². The third kappa shape index (κ3) is 6.39. The minimum Gasteiger partial charge on any atom is -0.383 e. The molecule has 3 heteroatoms. The zero-order chi connectivity index (χ0) is 12.5. The Balaban J connectivity index is 2.04. The molecule has 0 heterocycles. The summed E-state index contributed by atoms with van der Waals surface area (Å²) in [7, 11) is 3.92. The van der Waals surface area contributed by atoms with Gasteiger partial charge >= 0.3 is 0 Å². The van der Waals surface area contributed by atoms with E-state index in [0.717, 1.165) is 32.2 Å². The Morgan fingerprint density at radius 3 is 2.59 bits per heavy atom. The zero-order valence-electron chi connectivity index (χ0n) is 11.9. The number of hydrogen-bond acceptors (Lipinski definition) is 3. The van der Waals surface area contributed by atoms with Crippen molar-refractivity contribution in [2.75, 3.05) is 40.4 Å². The molecular formula is C14H30N2O. The first-order valence-electron chi connectivity index (χ1n) is 7.15. The summed E-state index contributed by atoms with van der Waals surface area (Å²) in [4.78, 5) is 2.32. The molecule has 17 heavy (non-hydrogen) atoms. The van der Waals surface area contributed by atoms with Crippen LogP contribution in [-0.4, -0.2) is 51.3 Å². The van der Waals surface area contributed by atoms with Crippen molar-refractivity contribution in [3.05, 3.63) is 0 Å². The number of nitrogens with one attached hydrogen (secondary N) is 1. The Bertz CT molecular complexity index is 181. The molecule has 102 valence electrons. The number of methoxy groups -OCH3 is 1. The van der Waals surface area contributed by atoms with Gasteiger partial charge < -0.3 is 15.0 Å². The van der Waals surface area contributed by atoms with E-state index in [1.807, 2.05) is 0 Å². The summed E-state index contributed by atoms with van der Waals surface area (Å²) in [6.45, 7) is 6.41. The molecule has 0 saturated heterocycles. The lowest BCUT2D eigenvalue weighted by atomic mass is 9.84. The first-order valence-corrected chi connectivity index (χ1v) is 7.15. The smallest absolute Gasteiger partial charge is 0.0589 e. The number of ether oxygens (including phenoxy) is 1. The van der Waals surface area contributed by atoms with Gasteiger partial charge in [-0.05, 0) is 32.7 Å². The summed E-state index contributed by atoms with van der Waals surface area (Å²) >= 11 is 0. The van der Waals surface area contributed by atoms with Gasteiger partial charge in [0.15, 0.2) is 0 Å². The van der Waals surface area contributed by atoms with Gasteiger partial charge in [0.2, 0.25) is 0 Å². The van der Waals surface area contributed by atoms with Crippen molar-refractivity contribution in [1.82, 2.24) is 10.2 Å². The van der Waals surface area contributed by atoms with Crippen molar-refractivity contribution < 1.29 is 4.74 Å². The standard InChI is InChI=1S/C14H30N2O/c1-13(14-7-5-4-6-8-14)15-9-10-16(2)11-12-17-3/h13-15H,4-12H2,1-3H3. The second-order valence-corrected chi connectivity index (χ2v) is 5.44. The van der Waals surface area contributed by atoms with Crippen molar-refractivity contribution in [2.45, 2.75) is 45.1 Å². The lowest BCUT2D eigenvalue weighted by Crippen LogP contribution is -2.39. The molecule has 0 bridgehead atoms. The van der Waals surface area contributed by atoms with Crippen LogP contribution in [0, 0.1) is 5.92 Å². The van der Waals surface area contributed by atoms with E-state index >= 15 is 0 Å². The number of nitrogens with zero attached hydrogens (tertiary/aromatic N) is 1. The summed E-state index contributed by atoms with van der Waals surface area (Å²) in [5.74, 6) is 0.910. The quantitative estimate of drug-likeness (QED) is 0.705. The molecular weight excluding hydrogens is 212 g/mol. The second-order valence-electron chi connectivity index (χ2n) is 5.44. The molecule has 0 aromatic rings. The lowest BCUT2D eigenvalue weighted by molar-refractivity contribution is 0.160. The fraction of sp³-hybridized carbons (Fsp3) is 1.00. The SMILES string of the molecule is COCCN(C)CCNC(C)C1CCCCC1. The molecule has 1 aliphatic rings. The summed E-state index contributed by atoms with van der Waals surface area (Å²) < 4.78 is 5.07. The third-order valence-electron chi connectivity index (χ3n) is 3.99. The molecule has 1 atom stereocenters. The zero-order valence-corrected chi connectivity index (χ0v) is 11.9. The van der Waals surface area contributed by atoms with Crippen LogP contribution in [0.25, 0.3) is 0 Å². The molecule has 1 saturated carbocycles. The minimum atomic E-state index is 0.686. The maximum atomic E-state index is 5.07. The molecule has 0 spiro atoms. The van der Waals surface area contributed by atoms with Crippen LogP contribution in [0.2, 0.25) is 0 Å². The fourth-order valence-corrected chi connectivity index (χ4v) is 2.64. The average molecular weight is 242 g/mol. The number of hydrogen-bond donors (Lipinski definition) is 1. The van der Waals surface area contributed by atoms with Crippen LogP contribution in [0.4, 0.5) is 0 Å². The van der Waals surface area contributed by atoms with Crippen LogP contribution in [0.5, 0.6) is 0 Å². The van der Waals surface area contributed by atoms with Crippen LogP contribution in [0.15, 0.2) is 0 Å². The first-order chi connectivity index (χ1) is 8.24. The molecule has 1 N–H and O–H groups in total. The van der Waals surface area contributed by atoms with Gasteiger partial charge in [0, 0.05) is 32.8 Å². The summed E-state index contributed by atoms with van der Waals surface area (Å²) in [5.41, 5.74) is 0. The van der Waals surface area contributed by atoms with Gasteiger partial charge in [-0.1, -0.05) is 19.3 Å². The van der Waals surface area contributed by atoms with E-state index in [9.17, 15) is 0 Å². The molecule has 1 unspecified atom stereocenters. The van der Waals surface area contributed by atoms with Crippen molar-refractivity contribution in [2.24, 2.45) is 5.92 Å². The van der Waals surface area contributed by atoms with E-state index in [0.29, 0.717) is 6.04 Å². The Morgan fingerprint density at radius 2 is 1.94 bits per heavy atom. The van der Waals surface area contributed by atoms with Crippen LogP contribution >= 0.6 is 0 Å². The number of likely N-dealkylation sites (N-methyl/N-ethyl adjacent to an activating group) is 1. The largest absolute Gasteiger partial charge is 0.383 e. The highest BCUT2D eigenvalue weighted by atomic mass is 16.5. The van der Waals surface area contributed by atoms with Gasteiger partial charge in [0.1, 0.15) is 0 Å². The average Bonchev–Trinajstić information content (AvgIpc) is 2.37. The lowest BCUT2D eigenvalue weighted by Gasteiger charge is -2.29. The van der Waals surface area contributed by atoms with E-state index in [1.54, 1.807) is 7.11 Å². The predicted molar refractivity (Wildman–Crippen MR) is 73.4 cm³/mol. The summed E-state index contributed by atoms with van der Waals surface area (Å²) in [5, 5.41) is 3.68. The fourth-order valence-electron chi connectivity index (χ4n) is 2.64. The van der Waals surface area contributed by atoms with Gasteiger partial charge in [-0.15, -0.1) is 0 Å². The molecule has 0 aliphatic heterocycles. The molecule has 1 aliphatic carbocycles. The Hall–Kier alpha value is -0.120. The van der Waals surface area contributed by atoms with Crippen molar-refractivity contribution in [3.8, 4) is 0 Å². The van der Waals surface area contributed by atoms with E-state index in [4.69, 9.17) is 4.74 Å². The van der Waals surface area contributed by atoms with E-state index in [-0.39, 0.29) is 0 Å². The van der Waals surface area contributed by atoms with Crippen molar-refractivity contribution in [1.29, 1.82) is 0 Å². The third-order valence-corrected chi connectivity index (χ3v) is 3.99. The summed E-state index contributed by atoms with van der Waals surface area (Å²) in [6.07, 6.45) is 7.17. The maximum Gasteiger partial charge on any atom is 0.0589 e. The second kappa shape index (κ2) is 8.90. The molecule has 0 amide bonds. The maximum absolute atomic E-state index is 5.07. The van der Waals surface area contributed by atoms with E-state index in [2.05, 4.69) is 24.2 Å². The molecule has 0 radical (unpaired) electrons. The first kappa shape index (κ1) is 14.9. The van der Waals surface area contributed by atoms with Gasteiger partial charge in [0.05, 0.1) is 6.61 Å². The van der Waals surface area contributed by atoms with Crippen LogP contribution in [0.1, 0.15) is 39.0 Å². The minimum absolute atomic E-state index is 0.686. The number of rotatable bonds is 8. The predicted octanol–water partition coefficient (Wildman–Crippen LogP) is 2.12. The highest BCUT2D eigenvalue weighted by Gasteiger charge is 2.19. The summed E-state index contributed by atoms with van der Waals surface area (Å²) in [6, 6.07) is 0.686. The molecule has 1 fully saturated rings. The highest BCUT2D eigenvalue weighted by molar-refractivity contribution is 4.76. The van der Waals surface area contributed by atoms with E-state index < -0.39 is 0 Å². The molecule has 0 aromatic heterocycles. The Kier molecular flexibility index (Phi) is 7.82.